The van der Waals surface area contributed by atoms with E-state index in [0.717, 1.165) is 49.0 Å². The van der Waals surface area contributed by atoms with Crippen molar-refractivity contribution in [3.8, 4) is 0 Å². The number of nitrogens with one attached hydrogen (secondary N) is 2. The average molecular weight is 489 g/mol. The van der Waals surface area contributed by atoms with Crippen LogP contribution in [0.3, 0.4) is 0 Å². The maximum absolute atomic E-state index is 11.6. The number of nitrogens with zero attached hydrogens (tertiary/aromatic N) is 2. The van der Waals surface area contributed by atoms with E-state index in [1.54, 1.807) is 16.7 Å². The predicted octanol–water partition coefficient (Wildman–Crippen LogP) is 3.66. The molecule has 0 saturated heterocycles. The van der Waals surface area contributed by atoms with Gasteiger partial charge in [-0.1, -0.05) is 29.8 Å². The summed E-state index contributed by atoms with van der Waals surface area (Å²) in [6.07, 6.45) is 3.73. The summed E-state index contributed by atoms with van der Waals surface area (Å²) >= 11 is 5.89. The Balaban J connectivity index is 0.00000338. The Morgan fingerprint density at radius 2 is 1.88 bits per heavy atom. The number of guanidine groups is 1. The second-order valence-electron chi connectivity index (χ2n) is 5.69. The molecule has 0 fully saturated rings. The minimum atomic E-state index is 0. The van der Waals surface area contributed by atoms with Crippen LogP contribution in [-0.4, -0.2) is 23.6 Å². The standard InChI is InChI=1S/C19H25ClN4O.HI/c1-2-21-19(23-15-16-8-10-17(20)11-9-16)22-12-4-6-14-24-13-5-3-7-18(24)25;/h3,5,7-11,13H,2,4,6,12,14-15H2,1H3,(H2,21,22,23);1H. The van der Waals surface area contributed by atoms with E-state index in [2.05, 4.69) is 15.6 Å². The summed E-state index contributed by atoms with van der Waals surface area (Å²) in [6.45, 7) is 5.01. The summed E-state index contributed by atoms with van der Waals surface area (Å²) in [7, 11) is 0. The first-order valence-electron chi connectivity index (χ1n) is 8.61. The summed E-state index contributed by atoms with van der Waals surface area (Å²) < 4.78 is 1.74. The second kappa shape index (κ2) is 12.8. The highest BCUT2D eigenvalue weighted by Crippen LogP contribution is 2.10. The normalized spacial score (nSPS) is 10.9. The van der Waals surface area contributed by atoms with Crippen molar-refractivity contribution in [3.63, 3.8) is 0 Å². The molecule has 2 rings (SSSR count). The molecule has 1 aromatic carbocycles. The van der Waals surface area contributed by atoms with Crippen molar-refractivity contribution in [1.29, 1.82) is 0 Å². The SMILES string of the molecule is CCNC(=NCc1ccc(Cl)cc1)NCCCCn1ccccc1=O.I. The lowest BCUT2D eigenvalue weighted by molar-refractivity contribution is 0.585. The molecule has 0 aliphatic rings. The Hall–Kier alpha value is -1.54. The Morgan fingerprint density at radius 1 is 1.12 bits per heavy atom. The van der Waals surface area contributed by atoms with E-state index in [-0.39, 0.29) is 29.5 Å². The zero-order chi connectivity index (χ0) is 17.9. The van der Waals surface area contributed by atoms with E-state index in [9.17, 15) is 4.79 Å². The lowest BCUT2D eigenvalue weighted by Crippen LogP contribution is -2.37. The van der Waals surface area contributed by atoms with Crippen LogP contribution in [-0.2, 0) is 13.1 Å². The van der Waals surface area contributed by atoms with Crippen molar-refractivity contribution in [2.75, 3.05) is 13.1 Å². The summed E-state index contributed by atoms with van der Waals surface area (Å²) in [6, 6.07) is 12.9. The topological polar surface area (TPSA) is 58.4 Å². The van der Waals surface area contributed by atoms with Gasteiger partial charge in [0, 0.05) is 36.9 Å². The third-order valence-corrected chi connectivity index (χ3v) is 3.95. The molecule has 26 heavy (non-hydrogen) atoms. The molecule has 0 aliphatic heterocycles. The third kappa shape index (κ3) is 8.23. The molecule has 5 nitrogen and oxygen atoms in total. The molecule has 0 spiro atoms. The van der Waals surface area contributed by atoms with Gasteiger partial charge in [-0.2, -0.15) is 0 Å². The predicted molar refractivity (Wildman–Crippen MR) is 120 cm³/mol. The van der Waals surface area contributed by atoms with E-state index < -0.39 is 0 Å². The van der Waals surface area contributed by atoms with Crippen LogP contribution < -0.4 is 16.2 Å². The molecule has 0 amide bonds. The first-order chi connectivity index (χ1) is 12.2. The number of hydrogen-bond donors (Lipinski definition) is 2. The summed E-state index contributed by atoms with van der Waals surface area (Å²) in [4.78, 5) is 16.2. The van der Waals surface area contributed by atoms with Gasteiger partial charge in [-0.05, 0) is 43.5 Å². The lowest BCUT2D eigenvalue weighted by Gasteiger charge is -2.11. The monoisotopic (exact) mass is 488 g/mol. The number of halogens is 2. The van der Waals surface area contributed by atoms with Crippen molar-refractivity contribution in [2.45, 2.75) is 32.9 Å². The van der Waals surface area contributed by atoms with Gasteiger partial charge in [-0.3, -0.25) is 4.79 Å². The van der Waals surface area contributed by atoms with Gasteiger partial charge in [-0.15, -0.1) is 24.0 Å². The van der Waals surface area contributed by atoms with Crippen molar-refractivity contribution in [2.24, 2.45) is 4.99 Å². The van der Waals surface area contributed by atoms with E-state index >= 15 is 0 Å². The molecule has 0 aliphatic carbocycles. The van der Waals surface area contributed by atoms with Crippen LogP contribution in [0.25, 0.3) is 0 Å². The fourth-order valence-corrected chi connectivity index (χ4v) is 2.49. The van der Waals surface area contributed by atoms with Gasteiger partial charge in [0.2, 0.25) is 5.56 Å². The maximum Gasteiger partial charge on any atom is 0.250 e. The molecule has 7 heteroatoms. The van der Waals surface area contributed by atoms with E-state index in [0.29, 0.717) is 6.54 Å². The average Bonchev–Trinajstić information content (AvgIpc) is 2.62. The van der Waals surface area contributed by atoms with Gasteiger partial charge in [0.05, 0.1) is 6.54 Å². The molecule has 2 aromatic rings. The molecule has 1 heterocycles. The van der Waals surface area contributed by atoms with Gasteiger partial charge >= 0.3 is 0 Å². The number of aliphatic imine (C=N–C) groups is 1. The van der Waals surface area contributed by atoms with Gasteiger partial charge in [0.25, 0.3) is 0 Å². The van der Waals surface area contributed by atoms with Crippen LogP contribution in [0.1, 0.15) is 25.3 Å². The Morgan fingerprint density at radius 3 is 2.58 bits per heavy atom. The summed E-state index contributed by atoms with van der Waals surface area (Å²) in [5.41, 5.74) is 1.17. The summed E-state index contributed by atoms with van der Waals surface area (Å²) in [5, 5.41) is 7.30. The number of aromatic nitrogens is 1. The van der Waals surface area contributed by atoms with Gasteiger partial charge < -0.3 is 15.2 Å². The first kappa shape index (κ1) is 22.5. The number of unbranched alkanes of at least 4 members (excludes halogenated alkanes) is 1. The number of aryl methyl sites for hydroxylation is 1. The maximum atomic E-state index is 11.6. The van der Waals surface area contributed by atoms with E-state index in [1.165, 1.54) is 0 Å². The fourth-order valence-electron chi connectivity index (χ4n) is 2.36. The molecule has 0 saturated carbocycles. The quantitative estimate of drug-likeness (QED) is 0.258. The Bertz CT molecular complexity index is 731. The number of pyridine rings is 1. The fraction of sp³-hybridized carbons (Fsp3) is 0.368. The molecule has 0 radical (unpaired) electrons. The minimum Gasteiger partial charge on any atom is -0.357 e. The number of rotatable bonds is 8. The Kier molecular flexibility index (Phi) is 11.0. The Labute approximate surface area is 176 Å². The van der Waals surface area contributed by atoms with Crippen LogP contribution in [0.15, 0.2) is 58.4 Å². The molecule has 0 atom stereocenters. The highest BCUT2D eigenvalue weighted by Gasteiger charge is 1.99. The zero-order valence-electron chi connectivity index (χ0n) is 15.0. The number of benzene rings is 1. The molecule has 2 N–H and O–H groups in total. The largest absolute Gasteiger partial charge is 0.357 e. The highest BCUT2D eigenvalue weighted by molar-refractivity contribution is 14.0. The highest BCUT2D eigenvalue weighted by atomic mass is 127. The van der Waals surface area contributed by atoms with Crippen molar-refractivity contribution in [3.05, 3.63) is 69.6 Å². The molecule has 1 aromatic heterocycles. The van der Waals surface area contributed by atoms with E-state index in [1.807, 2.05) is 43.5 Å². The van der Waals surface area contributed by atoms with Crippen LogP contribution in [0, 0.1) is 0 Å². The van der Waals surface area contributed by atoms with E-state index in [4.69, 9.17) is 11.6 Å². The molecule has 142 valence electrons. The number of hydrogen-bond acceptors (Lipinski definition) is 2. The van der Waals surface area contributed by atoms with Crippen molar-refractivity contribution >= 4 is 41.5 Å². The lowest BCUT2D eigenvalue weighted by atomic mass is 10.2. The first-order valence-corrected chi connectivity index (χ1v) is 8.99. The van der Waals surface area contributed by atoms with Crippen molar-refractivity contribution < 1.29 is 0 Å². The van der Waals surface area contributed by atoms with Gasteiger partial charge in [0.1, 0.15) is 0 Å². The smallest absolute Gasteiger partial charge is 0.250 e. The van der Waals surface area contributed by atoms with Gasteiger partial charge in [-0.25, -0.2) is 4.99 Å². The molecule has 0 bridgehead atoms. The van der Waals surface area contributed by atoms with Crippen LogP contribution in [0.2, 0.25) is 5.02 Å². The third-order valence-electron chi connectivity index (χ3n) is 3.69. The van der Waals surface area contributed by atoms with Crippen LogP contribution >= 0.6 is 35.6 Å². The van der Waals surface area contributed by atoms with Crippen LogP contribution in [0.5, 0.6) is 0 Å². The van der Waals surface area contributed by atoms with Crippen LogP contribution in [0.4, 0.5) is 0 Å². The molecular formula is C19H26ClIN4O. The molecule has 0 unspecified atom stereocenters. The second-order valence-corrected chi connectivity index (χ2v) is 6.12. The van der Waals surface area contributed by atoms with Crippen molar-refractivity contribution in [1.82, 2.24) is 15.2 Å². The molecular weight excluding hydrogens is 463 g/mol. The zero-order valence-corrected chi connectivity index (χ0v) is 18.0. The minimum absolute atomic E-state index is 0. The van der Waals surface area contributed by atoms with Gasteiger partial charge in [0.15, 0.2) is 5.96 Å². The summed E-state index contributed by atoms with van der Waals surface area (Å²) in [5.74, 6) is 0.800.